The number of carbonyl (C=O) groups excluding carboxylic acids is 1. The first kappa shape index (κ1) is 21.2. The van der Waals surface area contributed by atoms with E-state index in [1.54, 1.807) is 14.2 Å². The average Bonchev–Trinajstić information content (AvgIpc) is 3.26. The number of aromatic nitrogens is 1. The number of amides is 1. The summed E-state index contributed by atoms with van der Waals surface area (Å²) in [6.45, 7) is 3.49. The van der Waals surface area contributed by atoms with Crippen LogP contribution in [-0.4, -0.2) is 49.1 Å². The maximum absolute atomic E-state index is 12.3. The Hall–Kier alpha value is -2.99. The maximum atomic E-state index is 12.3. The lowest BCUT2D eigenvalue weighted by molar-refractivity contribution is -0.133. The topological polar surface area (TPSA) is 80.6 Å². The molecule has 0 bridgehead atoms. The van der Waals surface area contributed by atoms with Crippen LogP contribution >= 0.6 is 0 Å². The van der Waals surface area contributed by atoms with Crippen molar-refractivity contribution in [3.8, 4) is 22.6 Å². The molecule has 0 radical (unpaired) electrons. The number of aromatic amines is 1. The molecule has 1 aliphatic heterocycles. The molecule has 1 saturated heterocycles. The van der Waals surface area contributed by atoms with Gasteiger partial charge < -0.3 is 25.1 Å². The molecule has 0 aliphatic carbocycles. The average molecular weight is 422 g/mol. The van der Waals surface area contributed by atoms with E-state index in [0.29, 0.717) is 12.3 Å². The van der Waals surface area contributed by atoms with E-state index in [9.17, 15) is 4.79 Å². The lowest BCUT2D eigenvalue weighted by Crippen LogP contribution is -2.46. The molecule has 1 amide bonds. The molecule has 2 aromatic carbocycles. The van der Waals surface area contributed by atoms with E-state index in [1.807, 2.05) is 30.0 Å². The number of carbonyl (C=O) groups is 1. The lowest BCUT2D eigenvalue weighted by Gasteiger charge is -2.33. The minimum Gasteiger partial charge on any atom is -0.493 e. The van der Waals surface area contributed by atoms with Crippen LogP contribution in [0.3, 0.4) is 0 Å². The number of hydrogen-bond donors (Lipinski definition) is 2. The van der Waals surface area contributed by atoms with Crippen LogP contribution in [0.2, 0.25) is 0 Å². The van der Waals surface area contributed by atoms with Crippen LogP contribution in [0.5, 0.6) is 11.5 Å². The Bertz CT molecular complexity index is 1070. The maximum Gasteiger partial charge on any atom is 0.239 e. The van der Waals surface area contributed by atoms with Gasteiger partial charge in [-0.3, -0.25) is 4.79 Å². The number of nitrogens with zero attached hydrogens (tertiary/aromatic N) is 1. The van der Waals surface area contributed by atoms with Crippen LogP contribution in [0, 0.1) is 0 Å². The number of likely N-dealkylation sites (tertiary alicyclic amines) is 1. The fourth-order valence-electron chi connectivity index (χ4n) is 4.39. The Morgan fingerprint density at radius 2 is 1.74 bits per heavy atom. The van der Waals surface area contributed by atoms with Gasteiger partial charge in [0.1, 0.15) is 0 Å². The molecule has 3 N–H and O–H groups in total. The summed E-state index contributed by atoms with van der Waals surface area (Å²) in [7, 11) is 3.29. The molecule has 0 saturated carbocycles. The number of methoxy groups -OCH3 is 2. The first-order valence-corrected chi connectivity index (χ1v) is 10.9. The molecule has 0 unspecified atom stereocenters. The summed E-state index contributed by atoms with van der Waals surface area (Å²) in [5, 5.41) is 1.19. The second-order valence-electron chi connectivity index (χ2n) is 8.21. The van der Waals surface area contributed by atoms with E-state index >= 15 is 0 Å². The van der Waals surface area contributed by atoms with Crippen molar-refractivity contribution >= 4 is 16.8 Å². The van der Waals surface area contributed by atoms with Crippen LogP contribution in [0.15, 0.2) is 42.5 Å². The highest BCUT2D eigenvalue weighted by atomic mass is 16.5. The van der Waals surface area contributed by atoms with Crippen LogP contribution in [0.4, 0.5) is 0 Å². The van der Waals surface area contributed by atoms with E-state index in [0.717, 1.165) is 54.1 Å². The van der Waals surface area contributed by atoms with Gasteiger partial charge in [0.2, 0.25) is 5.91 Å². The van der Waals surface area contributed by atoms with Gasteiger partial charge in [0, 0.05) is 35.6 Å². The van der Waals surface area contributed by atoms with Crippen molar-refractivity contribution in [1.29, 1.82) is 0 Å². The van der Waals surface area contributed by atoms with Crippen molar-refractivity contribution < 1.29 is 14.3 Å². The molecule has 1 aromatic heterocycles. The standard InChI is InChI=1S/C25H31N3O3/c1-4-20(26)25(29)28-11-9-16(10-12-28)22-14-19-13-17(5-7-21(19)27-22)18-6-8-23(30-2)24(15-18)31-3/h5-8,13-16,20,27H,4,9-12,26H2,1-3H3/t20-/m0/s1. The Kier molecular flexibility index (Phi) is 6.18. The van der Waals surface area contributed by atoms with Gasteiger partial charge in [-0.2, -0.15) is 0 Å². The smallest absolute Gasteiger partial charge is 0.239 e. The third-order valence-corrected chi connectivity index (χ3v) is 6.36. The highest BCUT2D eigenvalue weighted by Gasteiger charge is 2.27. The number of nitrogens with one attached hydrogen (secondary N) is 1. The predicted molar refractivity (Wildman–Crippen MR) is 124 cm³/mol. The summed E-state index contributed by atoms with van der Waals surface area (Å²) >= 11 is 0. The number of rotatable bonds is 6. The minimum absolute atomic E-state index is 0.0807. The van der Waals surface area contributed by atoms with Gasteiger partial charge in [0.15, 0.2) is 11.5 Å². The van der Waals surface area contributed by atoms with E-state index < -0.39 is 0 Å². The highest BCUT2D eigenvalue weighted by molar-refractivity contribution is 5.86. The largest absolute Gasteiger partial charge is 0.493 e. The number of ether oxygens (including phenoxy) is 2. The molecule has 164 valence electrons. The molecule has 6 heteroatoms. The number of piperidine rings is 1. The van der Waals surface area contributed by atoms with Gasteiger partial charge in [-0.15, -0.1) is 0 Å². The minimum atomic E-state index is -0.375. The second-order valence-corrected chi connectivity index (χ2v) is 8.21. The summed E-state index contributed by atoms with van der Waals surface area (Å²) in [5.74, 6) is 1.95. The van der Waals surface area contributed by atoms with Crippen molar-refractivity contribution in [1.82, 2.24) is 9.88 Å². The van der Waals surface area contributed by atoms with Crippen molar-refractivity contribution in [3.63, 3.8) is 0 Å². The fourth-order valence-corrected chi connectivity index (χ4v) is 4.39. The number of nitrogens with two attached hydrogens (primary N) is 1. The molecule has 31 heavy (non-hydrogen) atoms. The molecule has 2 heterocycles. The summed E-state index contributed by atoms with van der Waals surface area (Å²) in [4.78, 5) is 17.9. The molecule has 6 nitrogen and oxygen atoms in total. The van der Waals surface area contributed by atoms with Gasteiger partial charge in [0.25, 0.3) is 0 Å². The van der Waals surface area contributed by atoms with Gasteiger partial charge in [0.05, 0.1) is 20.3 Å². The zero-order valence-electron chi connectivity index (χ0n) is 18.5. The molecule has 4 rings (SSSR count). The zero-order chi connectivity index (χ0) is 22.0. The quantitative estimate of drug-likeness (QED) is 0.622. The SMILES string of the molecule is CC[C@H](N)C(=O)N1CCC(c2cc3cc(-c4ccc(OC)c(OC)c4)ccc3[nH]2)CC1. The Balaban J connectivity index is 1.52. The van der Waals surface area contributed by atoms with Crippen LogP contribution < -0.4 is 15.2 Å². The number of hydrogen-bond acceptors (Lipinski definition) is 4. The van der Waals surface area contributed by atoms with Crippen LogP contribution in [0.1, 0.15) is 37.8 Å². The van der Waals surface area contributed by atoms with Crippen molar-refractivity contribution in [2.75, 3.05) is 27.3 Å². The van der Waals surface area contributed by atoms with E-state index in [4.69, 9.17) is 15.2 Å². The van der Waals surface area contributed by atoms with Crippen molar-refractivity contribution in [2.24, 2.45) is 5.73 Å². The van der Waals surface area contributed by atoms with Gasteiger partial charge in [-0.1, -0.05) is 19.1 Å². The molecular formula is C25H31N3O3. The fraction of sp³-hybridized carbons (Fsp3) is 0.400. The molecule has 1 atom stereocenters. The summed E-state index contributed by atoms with van der Waals surface area (Å²) in [5.41, 5.74) is 10.5. The third-order valence-electron chi connectivity index (χ3n) is 6.36. The molecular weight excluding hydrogens is 390 g/mol. The normalized spacial score (nSPS) is 15.8. The van der Waals surface area contributed by atoms with E-state index in [1.165, 1.54) is 11.1 Å². The summed E-state index contributed by atoms with van der Waals surface area (Å²) in [6, 6.07) is 14.3. The Morgan fingerprint density at radius 3 is 2.42 bits per heavy atom. The third kappa shape index (κ3) is 4.26. The molecule has 3 aromatic rings. The predicted octanol–water partition coefficient (Wildman–Crippen LogP) is 4.30. The van der Waals surface area contributed by atoms with Gasteiger partial charge >= 0.3 is 0 Å². The second kappa shape index (κ2) is 9.02. The molecule has 0 spiro atoms. The van der Waals surface area contributed by atoms with Crippen LogP contribution in [-0.2, 0) is 4.79 Å². The Morgan fingerprint density at radius 1 is 1.06 bits per heavy atom. The van der Waals surface area contributed by atoms with Crippen molar-refractivity contribution in [2.45, 2.75) is 38.1 Å². The first-order valence-electron chi connectivity index (χ1n) is 10.9. The van der Waals surface area contributed by atoms with E-state index in [-0.39, 0.29) is 11.9 Å². The number of fused-ring (bicyclic) bond motifs is 1. The number of benzene rings is 2. The first-order chi connectivity index (χ1) is 15.0. The van der Waals surface area contributed by atoms with Gasteiger partial charge in [-0.25, -0.2) is 0 Å². The Labute approximate surface area is 183 Å². The van der Waals surface area contributed by atoms with Crippen molar-refractivity contribution in [3.05, 3.63) is 48.2 Å². The molecule has 1 fully saturated rings. The number of H-pyrrole nitrogens is 1. The lowest BCUT2D eigenvalue weighted by atomic mass is 9.93. The highest BCUT2D eigenvalue weighted by Crippen LogP contribution is 2.35. The zero-order valence-corrected chi connectivity index (χ0v) is 18.5. The van der Waals surface area contributed by atoms with Gasteiger partial charge in [-0.05, 0) is 60.7 Å². The van der Waals surface area contributed by atoms with Crippen LogP contribution in [0.25, 0.3) is 22.0 Å². The summed E-state index contributed by atoms with van der Waals surface area (Å²) < 4.78 is 10.8. The summed E-state index contributed by atoms with van der Waals surface area (Å²) in [6.07, 6.45) is 2.60. The molecule has 1 aliphatic rings. The van der Waals surface area contributed by atoms with E-state index in [2.05, 4.69) is 29.2 Å². The monoisotopic (exact) mass is 421 g/mol.